The number of hydrogen-bond acceptors (Lipinski definition) is 5. The Morgan fingerprint density at radius 2 is 1.86 bits per heavy atom. The molecular formula is C28H30F2N6O. The number of aromatic nitrogens is 3. The maximum Gasteiger partial charge on any atom is 0.220 e. The highest BCUT2D eigenvalue weighted by atomic mass is 19.2. The zero-order valence-electron chi connectivity index (χ0n) is 20.8. The monoisotopic (exact) mass is 504 g/mol. The third kappa shape index (κ3) is 5.77. The van der Waals surface area contributed by atoms with E-state index in [1.807, 2.05) is 17.6 Å². The third-order valence-corrected chi connectivity index (χ3v) is 6.74. The second kappa shape index (κ2) is 11.0. The number of carbonyl (C=O) groups is 1. The van der Waals surface area contributed by atoms with Gasteiger partial charge in [-0.1, -0.05) is 18.2 Å². The molecule has 37 heavy (non-hydrogen) atoms. The van der Waals surface area contributed by atoms with Crippen molar-refractivity contribution in [3.63, 3.8) is 0 Å². The summed E-state index contributed by atoms with van der Waals surface area (Å²) in [5, 5.41) is 6.43. The molecule has 5 rings (SSSR count). The van der Waals surface area contributed by atoms with Gasteiger partial charge in [-0.05, 0) is 54.4 Å². The standard InChI is InChI=1S/C28H30F2N6O/c1-19(21-5-7-22(8-6-21)35-15-13-31-14-16-35)33-27(37)11-10-26-34-25-3-2-12-32-28(25)36(26)18-20-4-9-23(29)24(30)17-20/h2-9,12,17,19,31H,10-11,13-16,18H2,1H3,(H,33,37). The maximum atomic E-state index is 13.8. The van der Waals surface area contributed by atoms with Crippen LogP contribution in [0.2, 0.25) is 0 Å². The Labute approximate surface area is 214 Å². The lowest BCUT2D eigenvalue weighted by Crippen LogP contribution is -2.43. The van der Waals surface area contributed by atoms with E-state index < -0.39 is 11.6 Å². The van der Waals surface area contributed by atoms with Gasteiger partial charge in [-0.3, -0.25) is 4.79 Å². The first-order valence-electron chi connectivity index (χ1n) is 12.6. The molecule has 0 aliphatic carbocycles. The van der Waals surface area contributed by atoms with Crippen LogP contribution in [-0.2, 0) is 17.8 Å². The van der Waals surface area contributed by atoms with Crippen molar-refractivity contribution in [2.75, 3.05) is 31.1 Å². The van der Waals surface area contributed by atoms with E-state index in [9.17, 15) is 13.6 Å². The normalized spacial score (nSPS) is 14.6. The van der Waals surface area contributed by atoms with Gasteiger partial charge in [0.1, 0.15) is 11.3 Å². The zero-order valence-corrected chi connectivity index (χ0v) is 20.8. The number of aryl methyl sites for hydroxylation is 1. The van der Waals surface area contributed by atoms with Crippen LogP contribution in [0.4, 0.5) is 14.5 Å². The predicted octanol–water partition coefficient (Wildman–Crippen LogP) is 3.98. The van der Waals surface area contributed by atoms with Crippen molar-refractivity contribution in [2.45, 2.75) is 32.4 Å². The molecule has 0 spiro atoms. The quantitative estimate of drug-likeness (QED) is 0.380. The van der Waals surface area contributed by atoms with E-state index in [4.69, 9.17) is 0 Å². The van der Waals surface area contributed by atoms with Crippen molar-refractivity contribution < 1.29 is 13.6 Å². The van der Waals surface area contributed by atoms with Crippen LogP contribution >= 0.6 is 0 Å². The third-order valence-electron chi connectivity index (χ3n) is 6.74. The number of imidazole rings is 1. The fourth-order valence-corrected chi connectivity index (χ4v) is 4.70. The van der Waals surface area contributed by atoms with E-state index in [2.05, 4.69) is 49.8 Å². The molecule has 1 amide bonds. The van der Waals surface area contributed by atoms with Gasteiger partial charge in [-0.15, -0.1) is 0 Å². The van der Waals surface area contributed by atoms with Crippen molar-refractivity contribution in [3.05, 3.63) is 89.4 Å². The molecule has 2 N–H and O–H groups in total. The minimum atomic E-state index is -0.897. The fourth-order valence-electron chi connectivity index (χ4n) is 4.70. The van der Waals surface area contributed by atoms with Gasteiger partial charge in [-0.2, -0.15) is 0 Å². The molecular weight excluding hydrogens is 474 g/mol. The van der Waals surface area contributed by atoms with E-state index in [-0.39, 0.29) is 24.9 Å². The number of pyridine rings is 1. The number of benzene rings is 2. The Kier molecular flexibility index (Phi) is 7.41. The lowest BCUT2D eigenvalue weighted by molar-refractivity contribution is -0.121. The molecule has 7 nitrogen and oxygen atoms in total. The summed E-state index contributed by atoms with van der Waals surface area (Å²) in [5.41, 5.74) is 4.16. The van der Waals surface area contributed by atoms with E-state index >= 15 is 0 Å². The Morgan fingerprint density at radius 1 is 1.08 bits per heavy atom. The van der Waals surface area contributed by atoms with Gasteiger partial charge in [0.2, 0.25) is 5.91 Å². The summed E-state index contributed by atoms with van der Waals surface area (Å²) >= 11 is 0. The SMILES string of the molecule is CC(NC(=O)CCc1nc2cccnc2n1Cc1ccc(F)c(F)c1)c1ccc(N2CCNCC2)cc1. The summed E-state index contributed by atoms with van der Waals surface area (Å²) < 4.78 is 29.0. The van der Waals surface area contributed by atoms with Crippen LogP contribution in [0.5, 0.6) is 0 Å². The number of carbonyl (C=O) groups excluding carboxylic acids is 1. The number of amides is 1. The number of nitrogens with zero attached hydrogens (tertiary/aromatic N) is 4. The molecule has 1 atom stereocenters. The van der Waals surface area contributed by atoms with Crippen LogP contribution in [0.1, 0.15) is 36.3 Å². The number of rotatable bonds is 8. The van der Waals surface area contributed by atoms with Gasteiger partial charge >= 0.3 is 0 Å². The summed E-state index contributed by atoms with van der Waals surface area (Å²) in [6.07, 6.45) is 2.29. The average Bonchev–Trinajstić information content (AvgIpc) is 3.27. The van der Waals surface area contributed by atoms with E-state index in [0.717, 1.165) is 37.8 Å². The van der Waals surface area contributed by atoms with Gasteiger partial charge in [0, 0.05) is 50.9 Å². The maximum absolute atomic E-state index is 13.8. The Balaban J connectivity index is 1.24. The molecule has 1 aliphatic rings. The summed E-state index contributed by atoms with van der Waals surface area (Å²) in [5.74, 6) is -1.20. The van der Waals surface area contributed by atoms with E-state index in [1.54, 1.807) is 18.3 Å². The Morgan fingerprint density at radius 3 is 2.62 bits per heavy atom. The number of fused-ring (bicyclic) bond motifs is 1. The first-order valence-corrected chi connectivity index (χ1v) is 12.6. The molecule has 0 saturated carbocycles. The van der Waals surface area contributed by atoms with Crippen LogP contribution < -0.4 is 15.5 Å². The van der Waals surface area contributed by atoms with Gasteiger partial charge in [0.15, 0.2) is 17.3 Å². The van der Waals surface area contributed by atoms with Gasteiger partial charge in [0.05, 0.1) is 12.6 Å². The number of halogens is 2. The van der Waals surface area contributed by atoms with Gasteiger partial charge in [0.25, 0.3) is 0 Å². The highest BCUT2D eigenvalue weighted by Crippen LogP contribution is 2.21. The largest absolute Gasteiger partial charge is 0.369 e. The van der Waals surface area contributed by atoms with Crippen molar-refractivity contribution in [2.24, 2.45) is 0 Å². The number of anilines is 1. The average molecular weight is 505 g/mol. The molecule has 0 bridgehead atoms. The molecule has 1 aliphatic heterocycles. The number of nitrogens with one attached hydrogen (secondary N) is 2. The van der Waals surface area contributed by atoms with Crippen molar-refractivity contribution in [3.8, 4) is 0 Å². The molecule has 2 aromatic carbocycles. The molecule has 9 heteroatoms. The van der Waals surface area contributed by atoms with E-state index in [1.165, 1.54) is 11.8 Å². The fraction of sp³-hybridized carbons (Fsp3) is 0.321. The highest BCUT2D eigenvalue weighted by Gasteiger charge is 2.17. The molecule has 2 aromatic heterocycles. The summed E-state index contributed by atoms with van der Waals surface area (Å²) in [7, 11) is 0. The Hall–Kier alpha value is -3.85. The molecule has 0 radical (unpaired) electrons. The lowest BCUT2D eigenvalue weighted by Gasteiger charge is -2.29. The van der Waals surface area contributed by atoms with Crippen LogP contribution in [-0.4, -0.2) is 46.6 Å². The summed E-state index contributed by atoms with van der Waals surface area (Å²) in [6, 6.07) is 15.7. The molecule has 1 saturated heterocycles. The molecule has 3 heterocycles. The smallest absolute Gasteiger partial charge is 0.220 e. The van der Waals surface area contributed by atoms with E-state index in [0.29, 0.717) is 29.0 Å². The number of hydrogen-bond donors (Lipinski definition) is 2. The number of piperazine rings is 1. The van der Waals surface area contributed by atoms with Gasteiger partial charge in [-0.25, -0.2) is 18.7 Å². The van der Waals surface area contributed by atoms with Crippen LogP contribution in [0.15, 0.2) is 60.8 Å². The van der Waals surface area contributed by atoms with Crippen molar-refractivity contribution >= 4 is 22.8 Å². The second-order valence-electron chi connectivity index (χ2n) is 9.33. The zero-order chi connectivity index (χ0) is 25.8. The van der Waals surface area contributed by atoms with Crippen LogP contribution in [0, 0.1) is 11.6 Å². The second-order valence-corrected chi connectivity index (χ2v) is 9.33. The minimum Gasteiger partial charge on any atom is -0.369 e. The Bertz CT molecular complexity index is 1380. The highest BCUT2D eigenvalue weighted by molar-refractivity contribution is 5.77. The molecule has 1 unspecified atom stereocenters. The summed E-state index contributed by atoms with van der Waals surface area (Å²) in [4.78, 5) is 24.2. The molecule has 1 fully saturated rings. The summed E-state index contributed by atoms with van der Waals surface area (Å²) in [6.45, 7) is 6.19. The first kappa shape index (κ1) is 24.8. The van der Waals surface area contributed by atoms with Crippen LogP contribution in [0.3, 0.4) is 0 Å². The van der Waals surface area contributed by atoms with Crippen molar-refractivity contribution in [1.82, 2.24) is 25.2 Å². The first-order chi connectivity index (χ1) is 18.0. The van der Waals surface area contributed by atoms with Gasteiger partial charge < -0.3 is 20.1 Å². The molecule has 4 aromatic rings. The molecule has 192 valence electrons. The minimum absolute atomic E-state index is 0.0851. The predicted molar refractivity (Wildman–Crippen MR) is 139 cm³/mol. The van der Waals surface area contributed by atoms with Crippen LogP contribution in [0.25, 0.3) is 11.2 Å². The van der Waals surface area contributed by atoms with Crippen molar-refractivity contribution in [1.29, 1.82) is 0 Å². The lowest BCUT2D eigenvalue weighted by atomic mass is 10.1. The topological polar surface area (TPSA) is 75.1 Å².